The van der Waals surface area contributed by atoms with Crippen LogP contribution in [0.2, 0.25) is 5.02 Å². The van der Waals surface area contributed by atoms with Crippen LogP contribution < -0.4 is 0 Å². The summed E-state index contributed by atoms with van der Waals surface area (Å²) in [6.07, 6.45) is 1.60. The first-order chi connectivity index (χ1) is 12.9. The fourth-order valence-corrected chi connectivity index (χ4v) is 3.59. The third-order valence-electron chi connectivity index (χ3n) is 3.81. The summed E-state index contributed by atoms with van der Waals surface area (Å²) in [6.45, 7) is 1.87. The van der Waals surface area contributed by atoms with Crippen molar-refractivity contribution in [3.05, 3.63) is 74.9 Å². The quantitative estimate of drug-likeness (QED) is 0.694. The molecule has 1 aliphatic heterocycles. The number of aliphatic hydroxyl groups excluding tert-OH is 1. The van der Waals surface area contributed by atoms with Crippen LogP contribution >= 0.6 is 23.4 Å². The molecular formula is C20H16ClNO4S. The van der Waals surface area contributed by atoms with E-state index in [4.69, 9.17) is 16.3 Å². The molecule has 0 fully saturated rings. The molecule has 2 aromatic carbocycles. The van der Waals surface area contributed by atoms with E-state index in [-0.39, 0.29) is 17.1 Å². The number of aliphatic hydroxyl groups is 1. The Hall–Kier alpha value is -2.70. The van der Waals surface area contributed by atoms with Crippen molar-refractivity contribution >= 4 is 46.1 Å². The molecule has 0 atom stereocenters. The molecular weight excluding hydrogens is 386 g/mol. The highest BCUT2D eigenvalue weighted by atomic mass is 35.5. The zero-order valence-corrected chi connectivity index (χ0v) is 16.1. The summed E-state index contributed by atoms with van der Waals surface area (Å²) in [7, 11) is 1.24. The van der Waals surface area contributed by atoms with E-state index >= 15 is 0 Å². The van der Waals surface area contributed by atoms with Gasteiger partial charge in [0.25, 0.3) is 0 Å². The van der Waals surface area contributed by atoms with Gasteiger partial charge < -0.3 is 14.9 Å². The number of benzene rings is 2. The number of aliphatic imine (C=N–C) groups is 1. The molecule has 0 bridgehead atoms. The molecule has 0 unspecified atom stereocenters. The van der Waals surface area contributed by atoms with Crippen LogP contribution in [0.5, 0.6) is 5.75 Å². The van der Waals surface area contributed by atoms with Gasteiger partial charge in [-0.1, -0.05) is 35.5 Å². The maximum absolute atomic E-state index is 12.2. The lowest BCUT2D eigenvalue weighted by Gasteiger charge is -2.02. The zero-order chi connectivity index (χ0) is 19.6. The predicted molar refractivity (Wildman–Crippen MR) is 109 cm³/mol. The standard InChI is InChI=1S/C20H16ClNO4S/c1-11-3-4-12(15(23)9-11)10-16-18(24)17(20(25)26-2)19(27-16)22-14-7-5-13(21)6-8-14/h3-10,23-24H,1-2H3. The number of nitrogens with zero attached hydrogens (tertiary/aromatic N) is 1. The Morgan fingerprint density at radius 2 is 1.89 bits per heavy atom. The largest absolute Gasteiger partial charge is 0.507 e. The highest BCUT2D eigenvalue weighted by Crippen LogP contribution is 2.41. The van der Waals surface area contributed by atoms with Gasteiger partial charge in [-0.2, -0.15) is 0 Å². The maximum atomic E-state index is 12.2. The van der Waals surface area contributed by atoms with Gasteiger partial charge in [-0.15, -0.1) is 0 Å². The number of hydrogen-bond donors (Lipinski definition) is 2. The lowest BCUT2D eigenvalue weighted by Crippen LogP contribution is -2.10. The van der Waals surface area contributed by atoms with Crippen molar-refractivity contribution in [3.63, 3.8) is 0 Å². The number of thioether (sulfide) groups is 1. The Morgan fingerprint density at radius 1 is 1.19 bits per heavy atom. The number of carbonyl (C=O) groups is 1. The topological polar surface area (TPSA) is 79.1 Å². The van der Waals surface area contributed by atoms with Crippen molar-refractivity contribution in [2.24, 2.45) is 4.99 Å². The Kier molecular flexibility index (Phi) is 5.58. The molecule has 2 N–H and O–H groups in total. The second-order valence-corrected chi connectivity index (χ2v) is 7.25. The molecule has 0 spiro atoms. The van der Waals surface area contributed by atoms with E-state index in [2.05, 4.69) is 4.99 Å². The van der Waals surface area contributed by atoms with Gasteiger partial charge in [0.2, 0.25) is 0 Å². The zero-order valence-electron chi connectivity index (χ0n) is 14.6. The minimum Gasteiger partial charge on any atom is -0.507 e. The van der Waals surface area contributed by atoms with E-state index < -0.39 is 5.97 Å². The van der Waals surface area contributed by atoms with Gasteiger partial charge in [-0.3, -0.25) is 0 Å². The number of methoxy groups -OCH3 is 1. The van der Waals surface area contributed by atoms with Crippen molar-refractivity contribution in [2.75, 3.05) is 7.11 Å². The smallest absolute Gasteiger partial charge is 0.344 e. The van der Waals surface area contributed by atoms with Crippen LogP contribution in [-0.4, -0.2) is 28.3 Å². The van der Waals surface area contributed by atoms with Gasteiger partial charge in [0.05, 0.1) is 17.7 Å². The second-order valence-electron chi connectivity index (χ2n) is 5.78. The fourth-order valence-electron chi connectivity index (χ4n) is 2.44. The van der Waals surface area contributed by atoms with Gasteiger partial charge in [0.15, 0.2) is 0 Å². The average molecular weight is 402 g/mol. The van der Waals surface area contributed by atoms with Crippen LogP contribution in [0.3, 0.4) is 0 Å². The van der Waals surface area contributed by atoms with Gasteiger partial charge in [-0.25, -0.2) is 9.79 Å². The van der Waals surface area contributed by atoms with Gasteiger partial charge >= 0.3 is 5.97 Å². The van der Waals surface area contributed by atoms with Crippen LogP contribution in [-0.2, 0) is 9.53 Å². The SMILES string of the molecule is COC(=O)C1=C(O)C(=Cc2ccc(C)cc2O)SC1=Nc1ccc(Cl)cc1. The van der Waals surface area contributed by atoms with Crippen molar-refractivity contribution in [1.82, 2.24) is 0 Å². The molecule has 2 aromatic rings. The van der Waals surface area contributed by atoms with E-state index in [0.29, 0.717) is 26.2 Å². The Bertz CT molecular complexity index is 994. The molecule has 5 nitrogen and oxygen atoms in total. The van der Waals surface area contributed by atoms with Crippen LogP contribution in [0.1, 0.15) is 11.1 Å². The first-order valence-electron chi connectivity index (χ1n) is 7.94. The van der Waals surface area contributed by atoms with E-state index in [1.165, 1.54) is 7.11 Å². The van der Waals surface area contributed by atoms with Crippen molar-refractivity contribution in [2.45, 2.75) is 6.92 Å². The summed E-state index contributed by atoms with van der Waals surface area (Å²) in [6, 6.07) is 12.0. The minimum atomic E-state index is -0.691. The number of carbonyl (C=O) groups excluding carboxylic acids is 1. The Balaban J connectivity index is 2.05. The number of phenols is 1. The average Bonchev–Trinajstić information content (AvgIpc) is 2.94. The second kappa shape index (κ2) is 7.90. The number of aromatic hydroxyl groups is 1. The molecule has 0 aliphatic carbocycles. The van der Waals surface area contributed by atoms with E-state index in [0.717, 1.165) is 17.3 Å². The normalized spacial score (nSPS) is 17.0. The highest BCUT2D eigenvalue weighted by molar-refractivity contribution is 8.18. The van der Waals surface area contributed by atoms with Crippen molar-refractivity contribution in [1.29, 1.82) is 0 Å². The number of phenolic OH excluding ortho intramolecular Hbond substituents is 1. The first kappa shape index (κ1) is 19.1. The number of halogens is 1. The predicted octanol–water partition coefficient (Wildman–Crippen LogP) is 5.16. The first-order valence-corrected chi connectivity index (χ1v) is 9.14. The molecule has 0 radical (unpaired) electrons. The van der Waals surface area contributed by atoms with Crippen LogP contribution in [0, 0.1) is 6.92 Å². The lowest BCUT2D eigenvalue weighted by molar-refractivity contribution is -0.135. The van der Waals surface area contributed by atoms with Crippen LogP contribution in [0.4, 0.5) is 5.69 Å². The van der Waals surface area contributed by atoms with Crippen molar-refractivity contribution < 1.29 is 19.7 Å². The van der Waals surface area contributed by atoms with E-state index in [9.17, 15) is 15.0 Å². The molecule has 7 heteroatoms. The molecule has 1 heterocycles. The maximum Gasteiger partial charge on any atom is 0.344 e. The van der Waals surface area contributed by atoms with E-state index in [1.54, 1.807) is 42.5 Å². The lowest BCUT2D eigenvalue weighted by atomic mass is 10.1. The number of esters is 1. The van der Waals surface area contributed by atoms with Gasteiger partial charge in [0.1, 0.15) is 22.1 Å². The van der Waals surface area contributed by atoms with Crippen LogP contribution in [0.25, 0.3) is 6.08 Å². The number of rotatable bonds is 3. The Labute approximate surface area is 165 Å². The number of hydrogen-bond acceptors (Lipinski definition) is 6. The Morgan fingerprint density at radius 3 is 2.52 bits per heavy atom. The minimum absolute atomic E-state index is 0.0182. The van der Waals surface area contributed by atoms with Crippen LogP contribution in [0.15, 0.2) is 63.7 Å². The van der Waals surface area contributed by atoms with Gasteiger partial charge in [0, 0.05) is 10.6 Å². The number of ether oxygens (including phenoxy) is 1. The van der Waals surface area contributed by atoms with Crippen molar-refractivity contribution in [3.8, 4) is 5.75 Å². The summed E-state index contributed by atoms with van der Waals surface area (Å²) in [5.41, 5.74) is 1.99. The monoisotopic (exact) mass is 401 g/mol. The summed E-state index contributed by atoms with van der Waals surface area (Å²) in [4.78, 5) is 17.0. The summed E-state index contributed by atoms with van der Waals surface area (Å²) in [5, 5.41) is 21.5. The van der Waals surface area contributed by atoms with Gasteiger partial charge in [-0.05, 0) is 48.9 Å². The molecule has 27 heavy (non-hydrogen) atoms. The molecule has 0 aromatic heterocycles. The summed E-state index contributed by atoms with van der Waals surface area (Å²) < 4.78 is 4.78. The molecule has 0 amide bonds. The fraction of sp³-hybridized carbons (Fsp3) is 0.100. The molecule has 0 saturated heterocycles. The molecule has 0 saturated carbocycles. The summed E-state index contributed by atoms with van der Waals surface area (Å²) >= 11 is 7.00. The highest BCUT2D eigenvalue weighted by Gasteiger charge is 2.33. The third kappa shape index (κ3) is 4.18. The van der Waals surface area contributed by atoms with E-state index in [1.807, 2.05) is 13.0 Å². The summed E-state index contributed by atoms with van der Waals surface area (Å²) in [5.74, 6) is -0.845. The molecule has 138 valence electrons. The third-order valence-corrected chi connectivity index (χ3v) is 5.08. The molecule has 3 rings (SSSR count). The number of aryl methyl sites for hydroxylation is 1. The molecule has 1 aliphatic rings.